The minimum absolute atomic E-state index is 0.0397. The second-order valence-electron chi connectivity index (χ2n) is 5.77. The Labute approximate surface area is 165 Å². The van der Waals surface area contributed by atoms with Gasteiger partial charge in [0.1, 0.15) is 5.25 Å². The number of non-ortho nitro benzene ring substituents is 1. The molecule has 2 aromatic rings. The third kappa shape index (κ3) is 5.92. The highest BCUT2D eigenvalue weighted by Crippen LogP contribution is 2.26. The van der Waals surface area contributed by atoms with Crippen LogP contribution >= 0.6 is 11.8 Å². The number of carbonyl (C=O) groups is 3. The largest absolute Gasteiger partial charge is 0.455 e. The Morgan fingerprint density at radius 2 is 1.79 bits per heavy atom. The van der Waals surface area contributed by atoms with Crippen LogP contribution in [0, 0.1) is 10.1 Å². The number of nitrogens with zero attached hydrogens (tertiary/aromatic N) is 1. The molecule has 8 nitrogen and oxygen atoms in total. The van der Waals surface area contributed by atoms with E-state index in [1.54, 1.807) is 31.2 Å². The molecule has 0 aromatic heterocycles. The predicted octanol–water partition coefficient (Wildman–Crippen LogP) is 3.46. The van der Waals surface area contributed by atoms with Crippen LogP contribution in [-0.2, 0) is 14.3 Å². The van der Waals surface area contributed by atoms with Crippen molar-refractivity contribution < 1.29 is 24.0 Å². The summed E-state index contributed by atoms with van der Waals surface area (Å²) in [5, 5.41) is 12.6. The monoisotopic (exact) mass is 402 g/mol. The van der Waals surface area contributed by atoms with E-state index in [1.807, 2.05) is 0 Å². The number of carbonyl (C=O) groups excluding carboxylic acids is 3. The number of anilines is 1. The van der Waals surface area contributed by atoms with Gasteiger partial charge >= 0.3 is 5.97 Å². The number of rotatable bonds is 8. The number of benzene rings is 2. The van der Waals surface area contributed by atoms with Crippen LogP contribution in [0.25, 0.3) is 0 Å². The molecule has 0 fully saturated rings. The molecule has 0 spiro atoms. The first kappa shape index (κ1) is 21.1. The van der Waals surface area contributed by atoms with E-state index in [4.69, 9.17) is 4.74 Å². The molecular weight excluding hydrogens is 384 g/mol. The number of Topliss-reactive ketones (excluding diaryl/α,β-unsaturated/α-hetero) is 1. The highest BCUT2D eigenvalue weighted by atomic mass is 32.2. The quantitative estimate of drug-likeness (QED) is 0.236. The lowest BCUT2D eigenvalue weighted by Crippen LogP contribution is -2.25. The minimum atomic E-state index is -0.612. The molecule has 1 atom stereocenters. The summed E-state index contributed by atoms with van der Waals surface area (Å²) in [7, 11) is 0. The van der Waals surface area contributed by atoms with Crippen molar-refractivity contribution in [2.75, 3.05) is 11.9 Å². The third-order valence-electron chi connectivity index (χ3n) is 3.62. The van der Waals surface area contributed by atoms with Crippen LogP contribution in [0.2, 0.25) is 0 Å². The number of nitro benzene ring substituents is 1. The molecule has 1 amide bonds. The molecular formula is C19H18N2O6S. The maximum absolute atomic E-state index is 12.1. The predicted molar refractivity (Wildman–Crippen MR) is 104 cm³/mol. The van der Waals surface area contributed by atoms with Gasteiger partial charge in [0.15, 0.2) is 12.4 Å². The Bertz CT molecular complexity index is 898. The van der Waals surface area contributed by atoms with E-state index < -0.39 is 28.7 Å². The van der Waals surface area contributed by atoms with Crippen molar-refractivity contribution >= 4 is 40.8 Å². The number of nitrogens with one attached hydrogen (secondary N) is 1. The number of hydrogen-bond acceptors (Lipinski definition) is 7. The molecule has 0 aliphatic carbocycles. The van der Waals surface area contributed by atoms with Gasteiger partial charge in [-0.25, -0.2) is 0 Å². The smallest absolute Gasteiger partial charge is 0.319 e. The average Bonchev–Trinajstić information content (AvgIpc) is 2.66. The molecule has 2 aromatic carbocycles. The molecule has 0 radical (unpaired) electrons. The topological polar surface area (TPSA) is 116 Å². The normalized spacial score (nSPS) is 11.4. The van der Waals surface area contributed by atoms with Crippen molar-refractivity contribution in [3.05, 3.63) is 64.2 Å². The first-order valence-electron chi connectivity index (χ1n) is 8.25. The first-order chi connectivity index (χ1) is 13.3. The lowest BCUT2D eigenvalue weighted by Gasteiger charge is -2.12. The lowest BCUT2D eigenvalue weighted by atomic mass is 10.1. The Morgan fingerprint density at radius 1 is 1.14 bits per heavy atom. The van der Waals surface area contributed by atoms with Gasteiger partial charge in [0.05, 0.1) is 10.6 Å². The number of hydrogen-bond donors (Lipinski definition) is 1. The van der Waals surface area contributed by atoms with E-state index in [-0.39, 0.29) is 11.5 Å². The van der Waals surface area contributed by atoms with Crippen LogP contribution in [0.3, 0.4) is 0 Å². The summed E-state index contributed by atoms with van der Waals surface area (Å²) in [5.74, 6) is -1.35. The minimum Gasteiger partial charge on any atom is -0.455 e. The number of esters is 1. The van der Waals surface area contributed by atoms with E-state index in [9.17, 15) is 24.5 Å². The van der Waals surface area contributed by atoms with E-state index >= 15 is 0 Å². The highest BCUT2D eigenvalue weighted by molar-refractivity contribution is 8.00. The highest BCUT2D eigenvalue weighted by Gasteiger charge is 2.18. The molecule has 0 aliphatic heterocycles. The van der Waals surface area contributed by atoms with Crippen LogP contribution < -0.4 is 5.32 Å². The number of nitro groups is 1. The van der Waals surface area contributed by atoms with Gasteiger partial charge in [-0.3, -0.25) is 24.5 Å². The molecule has 0 bridgehead atoms. The molecule has 0 unspecified atom stereocenters. The Kier molecular flexibility index (Phi) is 7.28. The molecule has 0 aliphatic rings. The fourth-order valence-electron chi connectivity index (χ4n) is 2.24. The maximum atomic E-state index is 12.1. The Balaban J connectivity index is 1.86. The van der Waals surface area contributed by atoms with E-state index in [2.05, 4.69) is 5.32 Å². The maximum Gasteiger partial charge on any atom is 0.319 e. The SMILES string of the molecule is CC(=O)c1ccccc1NC(=O)COC(=O)[C@H](C)Sc1ccc([N+](=O)[O-])cc1. The van der Waals surface area contributed by atoms with Crippen molar-refractivity contribution in [2.45, 2.75) is 24.0 Å². The summed E-state index contributed by atoms with van der Waals surface area (Å²) in [4.78, 5) is 46.4. The molecule has 0 saturated heterocycles. The summed E-state index contributed by atoms with van der Waals surface area (Å²) >= 11 is 1.16. The van der Waals surface area contributed by atoms with Crippen molar-refractivity contribution in [3.63, 3.8) is 0 Å². The van der Waals surface area contributed by atoms with Gasteiger partial charge in [-0.15, -0.1) is 11.8 Å². The molecule has 2 rings (SSSR count). The van der Waals surface area contributed by atoms with Crippen LogP contribution in [0.1, 0.15) is 24.2 Å². The first-order valence-corrected chi connectivity index (χ1v) is 9.13. The van der Waals surface area contributed by atoms with Crippen LogP contribution in [0.5, 0.6) is 0 Å². The fourth-order valence-corrected chi connectivity index (χ4v) is 3.10. The molecule has 9 heteroatoms. The molecule has 28 heavy (non-hydrogen) atoms. The standard InChI is InChI=1S/C19H18N2O6S/c1-12(22)16-5-3-4-6-17(16)20-18(23)11-27-19(24)13(2)28-15-9-7-14(8-10-15)21(25)26/h3-10,13H,11H2,1-2H3,(H,20,23)/t13-/m0/s1. The Hall–Kier alpha value is -3.20. The second kappa shape index (κ2) is 9.65. The molecule has 146 valence electrons. The van der Waals surface area contributed by atoms with Gasteiger partial charge in [-0.2, -0.15) is 0 Å². The van der Waals surface area contributed by atoms with Gasteiger partial charge in [0, 0.05) is 22.6 Å². The molecule has 1 N–H and O–H groups in total. The number of ether oxygens (including phenoxy) is 1. The van der Waals surface area contributed by atoms with Crippen molar-refractivity contribution in [2.24, 2.45) is 0 Å². The van der Waals surface area contributed by atoms with Crippen molar-refractivity contribution in [3.8, 4) is 0 Å². The van der Waals surface area contributed by atoms with Crippen molar-refractivity contribution in [1.82, 2.24) is 0 Å². The number of para-hydroxylation sites is 1. The van der Waals surface area contributed by atoms with Gasteiger partial charge in [-0.1, -0.05) is 12.1 Å². The zero-order chi connectivity index (χ0) is 20.7. The number of amides is 1. The summed E-state index contributed by atoms with van der Waals surface area (Å²) < 4.78 is 5.01. The molecule has 0 saturated carbocycles. The van der Waals surface area contributed by atoms with Crippen LogP contribution in [0.4, 0.5) is 11.4 Å². The number of thioether (sulfide) groups is 1. The van der Waals surface area contributed by atoms with Gasteiger partial charge in [0.2, 0.25) is 0 Å². The summed E-state index contributed by atoms with van der Waals surface area (Å²) in [6.07, 6.45) is 0. The zero-order valence-electron chi connectivity index (χ0n) is 15.2. The summed E-state index contributed by atoms with van der Waals surface area (Å²) in [5.41, 5.74) is 0.677. The van der Waals surface area contributed by atoms with E-state index in [0.717, 1.165) is 11.8 Å². The summed E-state index contributed by atoms with van der Waals surface area (Å²) in [6, 6.07) is 12.3. The Morgan fingerprint density at radius 3 is 2.39 bits per heavy atom. The average molecular weight is 402 g/mol. The fraction of sp³-hybridized carbons (Fsp3) is 0.211. The van der Waals surface area contributed by atoms with Gasteiger partial charge < -0.3 is 10.1 Å². The second-order valence-corrected chi connectivity index (χ2v) is 7.18. The third-order valence-corrected chi connectivity index (χ3v) is 4.71. The lowest BCUT2D eigenvalue weighted by molar-refractivity contribution is -0.384. The van der Waals surface area contributed by atoms with Crippen molar-refractivity contribution in [1.29, 1.82) is 0 Å². The molecule has 0 heterocycles. The number of ketones is 1. The van der Waals surface area contributed by atoms with Crippen LogP contribution in [-0.4, -0.2) is 34.4 Å². The van der Waals surface area contributed by atoms with Gasteiger partial charge in [-0.05, 0) is 38.1 Å². The van der Waals surface area contributed by atoms with E-state index in [1.165, 1.54) is 31.2 Å². The van der Waals surface area contributed by atoms with Gasteiger partial charge in [0.25, 0.3) is 11.6 Å². The zero-order valence-corrected chi connectivity index (χ0v) is 16.0. The van der Waals surface area contributed by atoms with E-state index in [0.29, 0.717) is 16.1 Å². The van der Waals surface area contributed by atoms with Crippen LogP contribution in [0.15, 0.2) is 53.4 Å². The summed E-state index contributed by atoms with van der Waals surface area (Å²) in [6.45, 7) is 2.51.